The molecule has 0 saturated carbocycles. The maximum atomic E-state index is 5.66. The molecule has 1 aliphatic heterocycles. The maximum Gasteiger partial charge on any atom is 0.191 e. The SMILES string of the molecule is CCNC(=NCc1cccc(OC)c1)NCC1(c2ccc(OC)cc2)CCOCC1. The third kappa shape index (κ3) is 5.66. The molecule has 0 spiro atoms. The minimum absolute atomic E-state index is 0.0106. The van der Waals surface area contributed by atoms with Crippen LogP contribution in [0.15, 0.2) is 53.5 Å². The number of ether oxygens (including phenoxy) is 3. The zero-order valence-corrected chi connectivity index (χ0v) is 18.2. The second kappa shape index (κ2) is 10.9. The van der Waals surface area contributed by atoms with Gasteiger partial charge in [-0.25, -0.2) is 4.99 Å². The molecule has 0 atom stereocenters. The molecule has 0 bridgehead atoms. The van der Waals surface area contributed by atoms with E-state index < -0.39 is 0 Å². The summed E-state index contributed by atoms with van der Waals surface area (Å²) in [6, 6.07) is 16.4. The van der Waals surface area contributed by atoms with Gasteiger partial charge in [0.25, 0.3) is 0 Å². The summed E-state index contributed by atoms with van der Waals surface area (Å²) in [5.74, 6) is 2.54. The summed E-state index contributed by atoms with van der Waals surface area (Å²) in [6.07, 6.45) is 1.95. The van der Waals surface area contributed by atoms with E-state index in [0.717, 1.165) is 62.2 Å². The second-order valence-electron chi connectivity index (χ2n) is 7.52. The molecule has 0 unspecified atom stereocenters. The highest BCUT2D eigenvalue weighted by Crippen LogP contribution is 2.35. The molecule has 1 saturated heterocycles. The highest BCUT2D eigenvalue weighted by atomic mass is 16.5. The van der Waals surface area contributed by atoms with Gasteiger partial charge in [0.05, 0.1) is 20.8 Å². The third-order valence-corrected chi connectivity index (χ3v) is 5.64. The van der Waals surface area contributed by atoms with Gasteiger partial charge in [-0.15, -0.1) is 0 Å². The fourth-order valence-corrected chi connectivity index (χ4v) is 3.81. The van der Waals surface area contributed by atoms with Crippen LogP contribution in [-0.4, -0.2) is 46.5 Å². The number of methoxy groups -OCH3 is 2. The van der Waals surface area contributed by atoms with E-state index in [0.29, 0.717) is 6.54 Å². The van der Waals surface area contributed by atoms with Crippen molar-refractivity contribution in [3.63, 3.8) is 0 Å². The third-order valence-electron chi connectivity index (χ3n) is 5.64. The van der Waals surface area contributed by atoms with E-state index in [2.05, 4.69) is 35.8 Å². The molecule has 0 radical (unpaired) electrons. The number of benzene rings is 2. The molecule has 6 heteroatoms. The van der Waals surface area contributed by atoms with Crippen molar-refractivity contribution in [2.45, 2.75) is 31.7 Å². The Bertz CT molecular complexity index is 815. The summed E-state index contributed by atoms with van der Waals surface area (Å²) in [4.78, 5) is 4.78. The molecule has 6 nitrogen and oxygen atoms in total. The van der Waals surface area contributed by atoms with Crippen molar-refractivity contribution in [2.75, 3.05) is 40.5 Å². The van der Waals surface area contributed by atoms with Gasteiger partial charge in [0.1, 0.15) is 11.5 Å². The second-order valence-corrected chi connectivity index (χ2v) is 7.52. The Kier molecular flexibility index (Phi) is 7.97. The first-order valence-corrected chi connectivity index (χ1v) is 10.6. The molecule has 1 heterocycles. The minimum Gasteiger partial charge on any atom is -0.497 e. The Morgan fingerprint density at radius 1 is 1.00 bits per heavy atom. The molecule has 0 aromatic heterocycles. The largest absolute Gasteiger partial charge is 0.497 e. The Hall–Kier alpha value is -2.73. The number of hydrogen-bond donors (Lipinski definition) is 2. The van der Waals surface area contributed by atoms with Gasteiger partial charge in [0.2, 0.25) is 0 Å². The molecule has 3 rings (SSSR count). The predicted molar refractivity (Wildman–Crippen MR) is 121 cm³/mol. The lowest BCUT2D eigenvalue weighted by Gasteiger charge is -2.38. The van der Waals surface area contributed by atoms with E-state index >= 15 is 0 Å². The molecule has 2 aromatic rings. The average Bonchev–Trinajstić information content (AvgIpc) is 2.81. The molecule has 1 aliphatic rings. The summed E-state index contributed by atoms with van der Waals surface area (Å²) in [7, 11) is 3.38. The van der Waals surface area contributed by atoms with Crippen molar-refractivity contribution in [2.24, 2.45) is 4.99 Å². The first-order chi connectivity index (χ1) is 14.7. The Balaban J connectivity index is 1.73. The van der Waals surface area contributed by atoms with Gasteiger partial charge < -0.3 is 24.8 Å². The highest BCUT2D eigenvalue weighted by molar-refractivity contribution is 5.79. The molecule has 1 fully saturated rings. The van der Waals surface area contributed by atoms with Gasteiger partial charge in [0, 0.05) is 31.7 Å². The number of rotatable bonds is 8. The average molecular weight is 412 g/mol. The van der Waals surface area contributed by atoms with Crippen molar-refractivity contribution < 1.29 is 14.2 Å². The molecule has 162 valence electrons. The summed E-state index contributed by atoms with van der Waals surface area (Å²) in [6.45, 7) is 5.81. The minimum atomic E-state index is 0.0106. The van der Waals surface area contributed by atoms with Crippen molar-refractivity contribution in [3.8, 4) is 11.5 Å². The fraction of sp³-hybridized carbons (Fsp3) is 0.458. The van der Waals surface area contributed by atoms with Crippen LogP contribution in [0.2, 0.25) is 0 Å². The smallest absolute Gasteiger partial charge is 0.191 e. The van der Waals surface area contributed by atoms with Crippen LogP contribution in [0.25, 0.3) is 0 Å². The molecule has 2 N–H and O–H groups in total. The van der Waals surface area contributed by atoms with E-state index in [1.165, 1.54) is 5.56 Å². The van der Waals surface area contributed by atoms with Gasteiger partial charge in [-0.2, -0.15) is 0 Å². The van der Waals surface area contributed by atoms with Crippen molar-refractivity contribution >= 4 is 5.96 Å². The molecule has 30 heavy (non-hydrogen) atoms. The molecule has 0 aliphatic carbocycles. The lowest BCUT2D eigenvalue weighted by Crippen LogP contribution is -2.48. The van der Waals surface area contributed by atoms with Crippen LogP contribution in [0.1, 0.15) is 30.9 Å². The number of nitrogens with one attached hydrogen (secondary N) is 2. The highest BCUT2D eigenvalue weighted by Gasteiger charge is 2.34. The summed E-state index contributed by atoms with van der Waals surface area (Å²) >= 11 is 0. The van der Waals surface area contributed by atoms with E-state index in [-0.39, 0.29) is 5.41 Å². The summed E-state index contributed by atoms with van der Waals surface area (Å²) < 4.78 is 16.3. The van der Waals surface area contributed by atoms with Gasteiger partial charge in [0.15, 0.2) is 5.96 Å². The first-order valence-electron chi connectivity index (χ1n) is 10.6. The lowest BCUT2D eigenvalue weighted by molar-refractivity contribution is 0.0513. The topological polar surface area (TPSA) is 64.1 Å². The van der Waals surface area contributed by atoms with Gasteiger partial charge in [-0.05, 0) is 55.2 Å². The van der Waals surface area contributed by atoms with E-state index in [4.69, 9.17) is 19.2 Å². The van der Waals surface area contributed by atoms with E-state index in [1.54, 1.807) is 14.2 Å². The zero-order chi connectivity index (χ0) is 21.2. The lowest BCUT2D eigenvalue weighted by atomic mass is 9.74. The molecule has 2 aromatic carbocycles. The van der Waals surface area contributed by atoms with Crippen LogP contribution in [0.5, 0.6) is 11.5 Å². The van der Waals surface area contributed by atoms with Crippen molar-refractivity contribution in [1.29, 1.82) is 0 Å². The van der Waals surface area contributed by atoms with Crippen molar-refractivity contribution in [1.82, 2.24) is 10.6 Å². The Labute approximate surface area is 179 Å². The van der Waals surface area contributed by atoms with Crippen LogP contribution in [-0.2, 0) is 16.7 Å². The molecule has 0 amide bonds. The first kappa shape index (κ1) is 22.0. The van der Waals surface area contributed by atoms with Crippen LogP contribution in [0.3, 0.4) is 0 Å². The van der Waals surface area contributed by atoms with Crippen LogP contribution >= 0.6 is 0 Å². The summed E-state index contributed by atoms with van der Waals surface area (Å²) in [5, 5.41) is 6.94. The number of aliphatic imine (C=N–C) groups is 1. The number of guanidine groups is 1. The van der Waals surface area contributed by atoms with Gasteiger partial charge in [-0.1, -0.05) is 24.3 Å². The molecular formula is C24H33N3O3. The normalized spacial score (nSPS) is 16.0. The quantitative estimate of drug-likeness (QED) is 0.514. The number of hydrogen-bond acceptors (Lipinski definition) is 4. The van der Waals surface area contributed by atoms with Crippen LogP contribution in [0.4, 0.5) is 0 Å². The predicted octanol–water partition coefficient (Wildman–Crippen LogP) is 3.51. The molecular weight excluding hydrogens is 378 g/mol. The van der Waals surface area contributed by atoms with Gasteiger partial charge in [-0.3, -0.25) is 0 Å². The zero-order valence-electron chi connectivity index (χ0n) is 18.2. The Morgan fingerprint density at radius 2 is 1.73 bits per heavy atom. The van der Waals surface area contributed by atoms with Crippen LogP contribution < -0.4 is 20.1 Å². The monoisotopic (exact) mass is 411 g/mol. The van der Waals surface area contributed by atoms with E-state index in [1.807, 2.05) is 30.3 Å². The maximum absolute atomic E-state index is 5.66. The van der Waals surface area contributed by atoms with Gasteiger partial charge >= 0.3 is 0 Å². The fourth-order valence-electron chi connectivity index (χ4n) is 3.81. The van der Waals surface area contributed by atoms with Crippen molar-refractivity contribution in [3.05, 3.63) is 59.7 Å². The standard InChI is InChI=1S/C24H33N3O3/c1-4-25-23(26-17-19-6-5-7-22(16-19)29-3)27-18-24(12-14-30-15-13-24)20-8-10-21(28-2)11-9-20/h5-11,16H,4,12-15,17-18H2,1-3H3,(H2,25,26,27). The number of nitrogens with zero attached hydrogens (tertiary/aromatic N) is 1. The Morgan fingerprint density at radius 3 is 2.40 bits per heavy atom. The van der Waals surface area contributed by atoms with Crippen LogP contribution in [0, 0.1) is 0 Å². The summed E-state index contributed by atoms with van der Waals surface area (Å²) in [5.41, 5.74) is 2.43. The van der Waals surface area contributed by atoms with E-state index in [9.17, 15) is 0 Å².